The summed E-state index contributed by atoms with van der Waals surface area (Å²) in [6.45, 7) is 6.13. The highest BCUT2D eigenvalue weighted by Gasteiger charge is 2.15. The van der Waals surface area contributed by atoms with E-state index in [4.69, 9.17) is 5.73 Å². The molecule has 1 aliphatic heterocycles. The smallest absolute Gasteiger partial charge is 0.152 e. The Kier molecular flexibility index (Phi) is 2.62. The molecule has 0 aliphatic carbocycles. The van der Waals surface area contributed by atoms with E-state index < -0.39 is 0 Å². The molecule has 2 rings (SSSR count). The third-order valence-corrected chi connectivity index (χ3v) is 2.82. The minimum atomic E-state index is 0.812. The summed E-state index contributed by atoms with van der Waals surface area (Å²) in [6, 6.07) is 1.95. The average Bonchev–Trinajstić information content (AvgIpc) is 2.22. The molecule has 0 saturated carbocycles. The van der Waals surface area contributed by atoms with Crippen LogP contribution in [0.4, 0.5) is 11.5 Å². The maximum atomic E-state index is 6.04. The second-order valence-corrected chi connectivity index (χ2v) is 4.13. The first-order valence-electron chi connectivity index (χ1n) is 5.30. The highest BCUT2D eigenvalue weighted by atomic mass is 15.2. The van der Waals surface area contributed by atoms with Crippen LogP contribution in [0.3, 0.4) is 0 Å². The van der Waals surface area contributed by atoms with Crippen LogP contribution in [0, 0.1) is 6.92 Å². The fraction of sp³-hybridized carbons (Fsp3) is 0.417. The van der Waals surface area contributed by atoms with Gasteiger partial charge in [0.15, 0.2) is 5.82 Å². The van der Waals surface area contributed by atoms with Gasteiger partial charge >= 0.3 is 0 Å². The highest BCUT2D eigenvalue weighted by Crippen LogP contribution is 2.25. The van der Waals surface area contributed by atoms with Crippen LogP contribution in [0.1, 0.15) is 18.9 Å². The van der Waals surface area contributed by atoms with E-state index in [1.54, 1.807) is 0 Å². The number of pyridine rings is 1. The minimum Gasteiger partial charge on any atom is -0.396 e. The van der Waals surface area contributed by atoms with E-state index in [1.165, 1.54) is 5.57 Å². The second kappa shape index (κ2) is 3.93. The number of hydrogen-bond acceptors (Lipinski definition) is 3. The maximum Gasteiger partial charge on any atom is 0.152 e. The Labute approximate surface area is 90.6 Å². The Bertz CT molecular complexity index is 396. The van der Waals surface area contributed by atoms with E-state index in [2.05, 4.69) is 22.9 Å². The first-order chi connectivity index (χ1) is 7.18. The van der Waals surface area contributed by atoms with Crippen molar-refractivity contribution >= 4 is 11.5 Å². The molecule has 3 heteroatoms. The number of anilines is 2. The van der Waals surface area contributed by atoms with Gasteiger partial charge in [-0.2, -0.15) is 0 Å². The lowest BCUT2D eigenvalue weighted by atomic mass is 10.1. The molecule has 0 bridgehead atoms. The lowest BCUT2D eigenvalue weighted by Crippen LogP contribution is -2.30. The summed E-state index contributed by atoms with van der Waals surface area (Å²) in [5, 5.41) is 0. The summed E-state index contributed by atoms with van der Waals surface area (Å²) in [7, 11) is 0. The summed E-state index contributed by atoms with van der Waals surface area (Å²) in [4.78, 5) is 6.62. The molecule has 0 unspecified atom stereocenters. The number of aryl methyl sites for hydroxylation is 1. The van der Waals surface area contributed by atoms with Crippen molar-refractivity contribution in [3.05, 3.63) is 29.5 Å². The van der Waals surface area contributed by atoms with Gasteiger partial charge in [0.2, 0.25) is 0 Å². The van der Waals surface area contributed by atoms with Gasteiger partial charge in [0, 0.05) is 19.3 Å². The van der Waals surface area contributed by atoms with Crippen LogP contribution >= 0.6 is 0 Å². The van der Waals surface area contributed by atoms with Gasteiger partial charge in [0.05, 0.1) is 5.69 Å². The van der Waals surface area contributed by atoms with Gasteiger partial charge in [-0.15, -0.1) is 0 Å². The summed E-state index contributed by atoms with van der Waals surface area (Å²) in [5.74, 6) is 0.933. The highest BCUT2D eigenvalue weighted by molar-refractivity contribution is 5.66. The first-order valence-corrected chi connectivity index (χ1v) is 5.30. The van der Waals surface area contributed by atoms with Crippen molar-refractivity contribution in [3.8, 4) is 0 Å². The van der Waals surface area contributed by atoms with E-state index >= 15 is 0 Å². The second-order valence-electron chi connectivity index (χ2n) is 4.13. The van der Waals surface area contributed by atoms with Crippen molar-refractivity contribution in [2.75, 3.05) is 23.7 Å². The van der Waals surface area contributed by atoms with Crippen molar-refractivity contribution in [3.63, 3.8) is 0 Å². The van der Waals surface area contributed by atoms with Crippen LogP contribution in [-0.2, 0) is 0 Å². The van der Waals surface area contributed by atoms with Crippen LogP contribution in [0.2, 0.25) is 0 Å². The van der Waals surface area contributed by atoms with Crippen molar-refractivity contribution in [2.24, 2.45) is 0 Å². The summed E-state index contributed by atoms with van der Waals surface area (Å²) in [5.41, 5.74) is 9.34. The number of nitrogens with two attached hydrogens (primary N) is 1. The molecule has 0 atom stereocenters. The molecule has 1 aromatic rings. The molecule has 1 aromatic heterocycles. The lowest BCUT2D eigenvalue weighted by molar-refractivity contribution is 0.779. The summed E-state index contributed by atoms with van der Waals surface area (Å²) in [6.07, 6.45) is 5.19. The fourth-order valence-corrected chi connectivity index (χ4v) is 1.90. The molecule has 0 amide bonds. The van der Waals surface area contributed by atoms with Crippen LogP contribution < -0.4 is 10.6 Å². The number of hydrogen-bond donors (Lipinski definition) is 1. The molecule has 0 spiro atoms. The molecule has 2 N–H and O–H groups in total. The number of rotatable bonds is 1. The zero-order valence-electron chi connectivity index (χ0n) is 9.33. The predicted octanol–water partition coefficient (Wildman–Crippen LogP) is 2.13. The summed E-state index contributed by atoms with van der Waals surface area (Å²) >= 11 is 0. The van der Waals surface area contributed by atoms with E-state index in [1.807, 2.05) is 19.2 Å². The molecule has 1 aliphatic rings. The normalized spacial score (nSPS) is 16.4. The van der Waals surface area contributed by atoms with Gasteiger partial charge in [-0.3, -0.25) is 0 Å². The van der Waals surface area contributed by atoms with E-state index in [-0.39, 0.29) is 0 Å². The van der Waals surface area contributed by atoms with Crippen molar-refractivity contribution in [1.82, 2.24) is 4.98 Å². The molecule has 80 valence electrons. The zero-order chi connectivity index (χ0) is 10.8. The van der Waals surface area contributed by atoms with Crippen molar-refractivity contribution < 1.29 is 0 Å². The van der Waals surface area contributed by atoms with Crippen LogP contribution in [0.25, 0.3) is 0 Å². The molecular weight excluding hydrogens is 186 g/mol. The van der Waals surface area contributed by atoms with Gasteiger partial charge in [-0.1, -0.05) is 11.6 Å². The van der Waals surface area contributed by atoms with Gasteiger partial charge in [-0.05, 0) is 31.9 Å². The quantitative estimate of drug-likeness (QED) is 0.711. The van der Waals surface area contributed by atoms with Gasteiger partial charge in [0.25, 0.3) is 0 Å². The average molecular weight is 203 g/mol. The molecule has 0 aromatic carbocycles. The van der Waals surface area contributed by atoms with Crippen LogP contribution in [0.5, 0.6) is 0 Å². The maximum absolute atomic E-state index is 6.04. The Morgan fingerprint density at radius 1 is 1.40 bits per heavy atom. The largest absolute Gasteiger partial charge is 0.396 e. The molecule has 0 fully saturated rings. The number of nitrogens with zero attached hydrogens (tertiary/aromatic N) is 2. The van der Waals surface area contributed by atoms with E-state index in [9.17, 15) is 0 Å². The zero-order valence-corrected chi connectivity index (χ0v) is 9.33. The SMILES string of the molecule is CC1=CCCN(c2nccc(C)c2N)C1. The molecule has 15 heavy (non-hydrogen) atoms. The monoisotopic (exact) mass is 203 g/mol. The van der Waals surface area contributed by atoms with Gasteiger partial charge in [-0.25, -0.2) is 4.98 Å². The van der Waals surface area contributed by atoms with Crippen LogP contribution in [-0.4, -0.2) is 18.1 Å². The molecule has 3 nitrogen and oxygen atoms in total. The van der Waals surface area contributed by atoms with E-state index in [0.717, 1.165) is 36.6 Å². The molecule has 0 radical (unpaired) electrons. The number of aromatic nitrogens is 1. The topological polar surface area (TPSA) is 42.2 Å². The Morgan fingerprint density at radius 2 is 2.20 bits per heavy atom. The molecule has 0 saturated heterocycles. The van der Waals surface area contributed by atoms with Crippen molar-refractivity contribution in [1.29, 1.82) is 0 Å². The molecule has 2 heterocycles. The summed E-state index contributed by atoms with van der Waals surface area (Å²) < 4.78 is 0. The minimum absolute atomic E-state index is 0.812. The Morgan fingerprint density at radius 3 is 2.93 bits per heavy atom. The predicted molar refractivity (Wildman–Crippen MR) is 64.0 cm³/mol. The van der Waals surface area contributed by atoms with E-state index in [0.29, 0.717) is 0 Å². The van der Waals surface area contributed by atoms with Crippen LogP contribution in [0.15, 0.2) is 23.9 Å². The Balaban J connectivity index is 2.30. The third-order valence-electron chi connectivity index (χ3n) is 2.82. The van der Waals surface area contributed by atoms with Gasteiger partial charge < -0.3 is 10.6 Å². The number of nitrogen functional groups attached to an aromatic ring is 1. The van der Waals surface area contributed by atoms with Crippen molar-refractivity contribution in [2.45, 2.75) is 20.3 Å². The fourth-order valence-electron chi connectivity index (χ4n) is 1.90. The Hall–Kier alpha value is -1.51. The van der Waals surface area contributed by atoms with Gasteiger partial charge in [0.1, 0.15) is 0 Å². The first kappa shape index (κ1) is 10.0. The standard InChI is InChI=1S/C12H17N3/c1-9-4-3-7-15(8-9)12-11(13)10(2)5-6-14-12/h4-6H,3,7-8,13H2,1-2H3. The third kappa shape index (κ3) is 1.96. The molecular formula is C12H17N3. The lowest BCUT2D eigenvalue weighted by Gasteiger charge is -2.28.